The first-order valence-electron chi connectivity index (χ1n) is 8.23. The average molecular weight is 326 g/mol. The Labute approximate surface area is 145 Å². The van der Waals surface area contributed by atoms with Crippen molar-refractivity contribution in [2.45, 2.75) is 0 Å². The quantitative estimate of drug-likeness (QED) is 0.728. The lowest BCUT2D eigenvalue weighted by atomic mass is 10.1. The predicted octanol–water partition coefficient (Wildman–Crippen LogP) is 3.96. The van der Waals surface area contributed by atoms with Gasteiger partial charge in [-0.25, -0.2) is 4.99 Å². The third-order valence-corrected chi connectivity index (χ3v) is 4.59. The summed E-state index contributed by atoms with van der Waals surface area (Å²) >= 11 is 0. The van der Waals surface area contributed by atoms with Crippen LogP contribution in [0.3, 0.4) is 0 Å². The topological polar surface area (TPSA) is 49.1 Å². The van der Waals surface area contributed by atoms with Crippen molar-refractivity contribution in [3.05, 3.63) is 72.3 Å². The minimum absolute atomic E-state index is 0.109. The molecule has 3 aromatic rings. The van der Waals surface area contributed by atoms with Gasteiger partial charge in [-0.1, -0.05) is 58.7 Å². The molecule has 0 unspecified atom stereocenters. The van der Waals surface area contributed by atoms with Gasteiger partial charge < -0.3 is 5.32 Å². The summed E-state index contributed by atoms with van der Waals surface area (Å²) in [5.41, 5.74) is 3.23. The number of rotatable bonds is 3. The minimum Gasteiger partial charge on any atom is -0.339 e. The van der Waals surface area contributed by atoms with Crippen molar-refractivity contribution in [1.29, 1.82) is 0 Å². The second kappa shape index (κ2) is 5.36. The molecule has 5 nitrogen and oxygen atoms in total. The molecule has 5 heteroatoms. The monoisotopic (exact) mass is 326 g/mol. The summed E-state index contributed by atoms with van der Waals surface area (Å²) in [6, 6.07) is 22.6. The van der Waals surface area contributed by atoms with Crippen molar-refractivity contribution in [1.82, 2.24) is 4.70 Å². The number of anilines is 1. The van der Waals surface area contributed by atoms with Crippen LogP contribution in [-0.2, 0) is 0 Å². The van der Waals surface area contributed by atoms with Gasteiger partial charge in [0.1, 0.15) is 18.3 Å². The molecular formula is C20H16N5+. The largest absolute Gasteiger partial charge is 0.339 e. The van der Waals surface area contributed by atoms with Gasteiger partial charge >= 0.3 is 0 Å². The van der Waals surface area contributed by atoms with E-state index in [2.05, 4.69) is 51.9 Å². The Morgan fingerprint density at radius 3 is 2.40 bits per heavy atom. The molecule has 3 aromatic carbocycles. The number of nitrogens with one attached hydrogen (secondary N) is 1. The van der Waals surface area contributed by atoms with E-state index in [0.29, 0.717) is 6.67 Å². The molecular weight excluding hydrogens is 310 g/mol. The first-order valence-corrected chi connectivity index (χ1v) is 8.23. The third kappa shape index (κ3) is 2.17. The van der Waals surface area contributed by atoms with Gasteiger partial charge in [-0.15, -0.1) is 0 Å². The zero-order valence-electron chi connectivity index (χ0n) is 13.5. The number of quaternary nitrogens is 1. The summed E-state index contributed by atoms with van der Waals surface area (Å²) in [7, 11) is 0. The highest BCUT2D eigenvalue weighted by Gasteiger charge is 2.33. The van der Waals surface area contributed by atoms with Gasteiger partial charge in [-0.2, -0.15) is 0 Å². The average Bonchev–Trinajstić information content (AvgIpc) is 3.29. The zero-order valence-corrected chi connectivity index (χ0v) is 13.5. The first kappa shape index (κ1) is 14.1. The number of para-hydroxylation sites is 1. The Morgan fingerprint density at radius 2 is 1.60 bits per heavy atom. The van der Waals surface area contributed by atoms with Crippen molar-refractivity contribution in [3.63, 3.8) is 0 Å². The van der Waals surface area contributed by atoms with Crippen LogP contribution >= 0.6 is 0 Å². The van der Waals surface area contributed by atoms with Gasteiger partial charge in [0.15, 0.2) is 5.69 Å². The van der Waals surface area contributed by atoms with Gasteiger partial charge in [0.05, 0.1) is 0 Å². The highest BCUT2D eigenvalue weighted by Crippen LogP contribution is 2.33. The lowest BCUT2D eigenvalue weighted by Gasteiger charge is -2.20. The van der Waals surface area contributed by atoms with E-state index in [1.165, 1.54) is 10.8 Å². The van der Waals surface area contributed by atoms with Gasteiger partial charge in [-0.05, 0) is 16.2 Å². The molecule has 2 aliphatic heterocycles. The maximum Gasteiger partial charge on any atom is 0.229 e. The highest BCUT2D eigenvalue weighted by atomic mass is 15.8. The molecule has 0 aromatic heterocycles. The summed E-state index contributed by atoms with van der Waals surface area (Å²) in [6.07, 6.45) is 3.45. The maximum atomic E-state index is 4.84. The molecule has 0 atom stereocenters. The lowest BCUT2D eigenvalue weighted by Crippen LogP contribution is -2.37. The fraction of sp³-hybridized carbons (Fsp3) is 0.0500. The Hall–Kier alpha value is -3.31. The fourth-order valence-corrected chi connectivity index (χ4v) is 3.40. The molecule has 0 fully saturated rings. The van der Waals surface area contributed by atoms with Crippen LogP contribution < -0.4 is 10.0 Å². The zero-order chi connectivity index (χ0) is 16.7. The molecule has 5 rings (SSSR count). The summed E-state index contributed by atoms with van der Waals surface area (Å²) < 4.78 is 0.109. The molecule has 120 valence electrons. The molecule has 0 radical (unpaired) electrons. The maximum absolute atomic E-state index is 4.84. The van der Waals surface area contributed by atoms with Crippen molar-refractivity contribution >= 4 is 40.4 Å². The van der Waals surface area contributed by atoms with Crippen LogP contribution in [0.5, 0.6) is 0 Å². The van der Waals surface area contributed by atoms with E-state index in [9.17, 15) is 0 Å². The van der Waals surface area contributed by atoms with Crippen LogP contribution in [0.15, 0.2) is 81.9 Å². The fourth-order valence-electron chi connectivity index (χ4n) is 3.40. The third-order valence-electron chi connectivity index (χ3n) is 4.59. The number of nitrogens with zero attached hydrogens (tertiary/aromatic N) is 4. The Kier molecular flexibility index (Phi) is 3.02. The van der Waals surface area contributed by atoms with Gasteiger partial charge in [0.25, 0.3) is 0 Å². The van der Waals surface area contributed by atoms with Gasteiger partial charge in [0.2, 0.25) is 6.67 Å². The van der Waals surface area contributed by atoms with E-state index in [-0.39, 0.29) is 4.70 Å². The second-order valence-corrected chi connectivity index (χ2v) is 6.08. The molecule has 2 aliphatic rings. The normalized spacial score (nSPS) is 18.2. The molecule has 0 amide bonds. The highest BCUT2D eigenvalue weighted by molar-refractivity contribution is 6.26. The van der Waals surface area contributed by atoms with E-state index in [0.717, 1.165) is 22.8 Å². The number of hydrogen-bond donors (Lipinski definition) is 1. The number of aliphatic imine (C=N–C) groups is 1. The summed E-state index contributed by atoms with van der Waals surface area (Å²) in [4.78, 5) is 4.84. The molecule has 0 bridgehead atoms. The lowest BCUT2D eigenvalue weighted by molar-refractivity contribution is 0.321. The molecule has 0 saturated carbocycles. The molecule has 25 heavy (non-hydrogen) atoms. The SMILES string of the molecule is C1=N[N+](CN=C2Nc3cccc4cccc2c34)(c2ccccc2)N=C1. The first-order chi connectivity index (χ1) is 12.4. The number of amidine groups is 1. The molecule has 1 N–H and O–H groups in total. The van der Waals surface area contributed by atoms with Gasteiger partial charge in [-0.3, -0.25) is 0 Å². The summed E-state index contributed by atoms with van der Waals surface area (Å²) in [5, 5.41) is 15.0. The van der Waals surface area contributed by atoms with Crippen LogP contribution in [0.25, 0.3) is 10.8 Å². The van der Waals surface area contributed by atoms with E-state index in [4.69, 9.17) is 4.99 Å². The minimum atomic E-state index is 0.109. The smallest absolute Gasteiger partial charge is 0.229 e. The van der Waals surface area contributed by atoms with E-state index < -0.39 is 0 Å². The Morgan fingerprint density at radius 1 is 0.840 bits per heavy atom. The second-order valence-electron chi connectivity index (χ2n) is 6.08. The van der Waals surface area contributed by atoms with Crippen LogP contribution in [0.4, 0.5) is 11.4 Å². The molecule has 0 spiro atoms. The molecule has 0 saturated heterocycles. The van der Waals surface area contributed by atoms with Crippen molar-refractivity contribution < 1.29 is 0 Å². The summed E-state index contributed by atoms with van der Waals surface area (Å²) in [5.74, 6) is 0.873. The van der Waals surface area contributed by atoms with E-state index >= 15 is 0 Å². The number of benzene rings is 3. The predicted molar refractivity (Wildman–Crippen MR) is 104 cm³/mol. The standard InChI is InChI=1S/C20H16N5/c1-2-8-16(9-3-1)25(22-12-13-23-25)14-21-20-17-10-4-6-15-7-5-11-18(24-20)19(15)17/h1-13H,14H2,(H,21,24)/q+1. The van der Waals surface area contributed by atoms with Crippen LogP contribution in [0, 0.1) is 0 Å². The number of hydrogen-bond acceptors (Lipinski definition) is 3. The van der Waals surface area contributed by atoms with Crippen molar-refractivity contribution in [2.75, 3.05) is 12.0 Å². The van der Waals surface area contributed by atoms with Crippen molar-refractivity contribution in [2.24, 2.45) is 15.2 Å². The van der Waals surface area contributed by atoms with Crippen LogP contribution in [0.2, 0.25) is 0 Å². The molecule has 2 heterocycles. The van der Waals surface area contributed by atoms with Crippen LogP contribution in [0.1, 0.15) is 5.56 Å². The van der Waals surface area contributed by atoms with Gasteiger partial charge in [0, 0.05) is 28.8 Å². The van der Waals surface area contributed by atoms with E-state index in [1.807, 2.05) is 30.3 Å². The Bertz CT molecular complexity index is 1030. The Balaban J connectivity index is 1.55. The summed E-state index contributed by atoms with van der Waals surface area (Å²) in [6.45, 7) is 0.406. The van der Waals surface area contributed by atoms with E-state index in [1.54, 1.807) is 12.4 Å². The van der Waals surface area contributed by atoms with Crippen LogP contribution in [-0.4, -0.2) is 24.9 Å². The van der Waals surface area contributed by atoms with Crippen molar-refractivity contribution in [3.8, 4) is 0 Å². The molecule has 0 aliphatic carbocycles.